The van der Waals surface area contributed by atoms with Gasteiger partial charge >= 0.3 is 0 Å². The number of hydrogen-bond acceptors (Lipinski definition) is 2. The van der Waals surface area contributed by atoms with Gasteiger partial charge in [0.05, 0.1) is 5.69 Å². The molecule has 1 aromatic carbocycles. The van der Waals surface area contributed by atoms with Crippen molar-refractivity contribution < 1.29 is 8.42 Å². The van der Waals surface area contributed by atoms with Crippen LogP contribution in [-0.2, 0) is 10.2 Å². The Hall–Kier alpha value is -0.590. The van der Waals surface area contributed by atoms with Crippen LogP contribution in [0.5, 0.6) is 0 Å². The molecule has 0 spiro atoms. The molecule has 0 fully saturated rings. The zero-order chi connectivity index (χ0) is 9.90. The predicted octanol–water partition coefficient (Wildman–Crippen LogP) is 1.33. The molecule has 0 radical (unpaired) electrons. The molecule has 72 valence electrons. The Bertz CT molecular complexity index is 391. The molecule has 0 atom stereocenters. The van der Waals surface area contributed by atoms with Crippen molar-refractivity contribution in [2.75, 3.05) is 11.8 Å². The van der Waals surface area contributed by atoms with E-state index in [0.717, 1.165) is 4.47 Å². The maximum atomic E-state index is 11.0. The summed E-state index contributed by atoms with van der Waals surface area (Å²) in [5.41, 5.74) is 0.517. The number of benzene rings is 1. The number of rotatable bonds is 3. The minimum atomic E-state index is -3.41. The van der Waals surface area contributed by atoms with Crippen LogP contribution in [0.1, 0.15) is 0 Å². The van der Waals surface area contributed by atoms with Crippen LogP contribution < -0.4 is 9.44 Å². The number of nitrogens with one attached hydrogen (secondary N) is 2. The van der Waals surface area contributed by atoms with E-state index in [0.29, 0.717) is 5.69 Å². The van der Waals surface area contributed by atoms with Crippen LogP contribution in [-0.4, -0.2) is 15.5 Å². The summed E-state index contributed by atoms with van der Waals surface area (Å²) in [6, 6.07) is 6.91. The highest BCUT2D eigenvalue weighted by Gasteiger charge is 2.05. The van der Waals surface area contributed by atoms with Gasteiger partial charge < -0.3 is 0 Å². The molecule has 0 unspecified atom stereocenters. The van der Waals surface area contributed by atoms with E-state index in [1.165, 1.54) is 7.05 Å². The summed E-state index contributed by atoms with van der Waals surface area (Å²) >= 11 is 3.24. The molecule has 0 aromatic heterocycles. The van der Waals surface area contributed by atoms with Crippen LogP contribution in [0.4, 0.5) is 5.69 Å². The summed E-state index contributed by atoms with van der Waals surface area (Å²) in [7, 11) is -2.06. The van der Waals surface area contributed by atoms with Crippen molar-refractivity contribution in [3.8, 4) is 0 Å². The van der Waals surface area contributed by atoms with Crippen molar-refractivity contribution >= 4 is 31.8 Å². The minimum absolute atomic E-state index is 0.517. The smallest absolute Gasteiger partial charge is 0.271 e. The summed E-state index contributed by atoms with van der Waals surface area (Å²) in [4.78, 5) is 0. The van der Waals surface area contributed by atoms with Crippen molar-refractivity contribution in [2.24, 2.45) is 0 Å². The van der Waals surface area contributed by atoms with Gasteiger partial charge in [0.25, 0.3) is 10.2 Å². The Balaban J connectivity index is 2.87. The van der Waals surface area contributed by atoms with Gasteiger partial charge in [-0.1, -0.05) is 22.0 Å². The van der Waals surface area contributed by atoms with Crippen molar-refractivity contribution in [1.29, 1.82) is 0 Å². The normalized spacial score (nSPS) is 11.2. The van der Waals surface area contributed by atoms with Crippen molar-refractivity contribution in [3.63, 3.8) is 0 Å². The fourth-order valence-corrected chi connectivity index (χ4v) is 1.70. The standard InChI is InChI=1S/C7H9BrN2O2S/c1-9-13(11,12)10-7-4-2-3-6(8)5-7/h2-5,9-10H,1H3. The van der Waals surface area contributed by atoms with Gasteiger partial charge in [0.1, 0.15) is 0 Å². The summed E-state index contributed by atoms with van der Waals surface area (Å²) < 4.78 is 27.4. The lowest BCUT2D eigenvalue weighted by Crippen LogP contribution is -2.26. The zero-order valence-electron chi connectivity index (χ0n) is 6.91. The average Bonchev–Trinajstić information content (AvgIpc) is 2.03. The van der Waals surface area contributed by atoms with Crippen molar-refractivity contribution in [2.45, 2.75) is 0 Å². The van der Waals surface area contributed by atoms with Crippen molar-refractivity contribution in [3.05, 3.63) is 28.7 Å². The molecule has 0 heterocycles. The lowest BCUT2D eigenvalue weighted by atomic mass is 10.3. The van der Waals surface area contributed by atoms with E-state index in [9.17, 15) is 8.42 Å². The molecule has 6 heteroatoms. The van der Waals surface area contributed by atoms with Gasteiger partial charge in [-0.05, 0) is 18.2 Å². The monoisotopic (exact) mass is 264 g/mol. The highest BCUT2D eigenvalue weighted by atomic mass is 79.9. The lowest BCUT2D eigenvalue weighted by Gasteiger charge is -2.05. The summed E-state index contributed by atoms with van der Waals surface area (Å²) in [6.07, 6.45) is 0. The van der Waals surface area contributed by atoms with Gasteiger partial charge in [-0.15, -0.1) is 0 Å². The first-order valence-electron chi connectivity index (χ1n) is 3.50. The molecule has 4 nitrogen and oxygen atoms in total. The Kier molecular flexibility index (Phi) is 3.29. The molecule has 1 aromatic rings. The van der Waals surface area contributed by atoms with Crippen LogP contribution in [0.3, 0.4) is 0 Å². The molecule has 0 saturated carbocycles. The second-order valence-corrected chi connectivity index (χ2v) is 4.85. The van der Waals surface area contributed by atoms with E-state index in [-0.39, 0.29) is 0 Å². The molecule has 0 aliphatic carbocycles. The molecule has 0 aliphatic rings. The number of anilines is 1. The van der Waals surface area contributed by atoms with Crippen LogP contribution in [0.25, 0.3) is 0 Å². The SMILES string of the molecule is CNS(=O)(=O)Nc1cccc(Br)c1. The lowest BCUT2D eigenvalue weighted by molar-refractivity contribution is 0.593. The highest BCUT2D eigenvalue weighted by Crippen LogP contribution is 2.16. The first-order chi connectivity index (χ1) is 6.03. The van der Waals surface area contributed by atoms with Crippen LogP contribution >= 0.6 is 15.9 Å². The topological polar surface area (TPSA) is 58.2 Å². The van der Waals surface area contributed by atoms with E-state index in [1.807, 2.05) is 6.07 Å². The molecule has 0 saturated heterocycles. The zero-order valence-corrected chi connectivity index (χ0v) is 9.31. The third-order valence-corrected chi connectivity index (χ3v) is 2.88. The van der Waals surface area contributed by atoms with Gasteiger partial charge in [-0.2, -0.15) is 8.42 Å². The Labute approximate surface area is 85.7 Å². The van der Waals surface area contributed by atoms with Gasteiger partial charge in [0.2, 0.25) is 0 Å². The van der Waals surface area contributed by atoms with E-state index < -0.39 is 10.2 Å². The van der Waals surface area contributed by atoms with E-state index in [1.54, 1.807) is 18.2 Å². The summed E-state index contributed by atoms with van der Waals surface area (Å²) in [5.74, 6) is 0. The Morgan fingerprint density at radius 1 is 1.38 bits per heavy atom. The van der Waals surface area contributed by atoms with Crippen LogP contribution in [0.2, 0.25) is 0 Å². The highest BCUT2D eigenvalue weighted by molar-refractivity contribution is 9.10. The first kappa shape index (κ1) is 10.5. The van der Waals surface area contributed by atoms with Gasteiger partial charge in [0, 0.05) is 11.5 Å². The molecule has 0 bridgehead atoms. The van der Waals surface area contributed by atoms with Crippen LogP contribution in [0.15, 0.2) is 28.7 Å². The van der Waals surface area contributed by atoms with Crippen LogP contribution in [0, 0.1) is 0 Å². The number of halogens is 1. The molecule has 0 amide bonds. The summed E-state index contributed by atoms with van der Waals surface area (Å²) in [5, 5.41) is 0. The second kappa shape index (κ2) is 4.08. The molecular formula is C7H9BrN2O2S. The third-order valence-electron chi connectivity index (χ3n) is 1.35. The van der Waals surface area contributed by atoms with E-state index >= 15 is 0 Å². The Morgan fingerprint density at radius 3 is 2.62 bits per heavy atom. The molecule has 0 aliphatic heterocycles. The van der Waals surface area contributed by atoms with Gasteiger partial charge in [-0.25, -0.2) is 4.72 Å². The maximum absolute atomic E-state index is 11.0. The average molecular weight is 265 g/mol. The van der Waals surface area contributed by atoms with Gasteiger partial charge in [-0.3, -0.25) is 4.72 Å². The first-order valence-corrected chi connectivity index (χ1v) is 5.78. The fraction of sp³-hybridized carbons (Fsp3) is 0.143. The van der Waals surface area contributed by atoms with Crippen molar-refractivity contribution in [1.82, 2.24) is 4.72 Å². The largest absolute Gasteiger partial charge is 0.298 e. The quantitative estimate of drug-likeness (QED) is 0.866. The molecule has 13 heavy (non-hydrogen) atoms. The van der Waals surface area contributed by atoms with E-state index in [4.69, 9.17) is 0 Å². The Morgan fingerprint density at radius 2 is 2.08 bits per heavy atom. The maximum Gasteiger partial charge on any atom is 0.298 e. The minimum Gasteiger partial charge on any atom is -0.271 e. The number of hydrogen-bond donors (Lipinski definition) is 2. The third kappa shape index (κ3) is 3.33. The summed E-state index contributed by atoms with van der Waals surface area (Å²) in [6.45, 7) is 0. The molecular weight excluding hydrogens is 256 g/mol. The fourth-order valence-electron chi connectivity index (χ4n) is 0.758. The van der Waals surface area contributed by atoms with E-state index in [2.05, 4.69) is 25.4 Å². The molecule has 1 rings (SSSR count). The molecule has 2 N–H and O–H groups in total. The predicted molar refractivity (Wildman–Crippen MR) is 55.7 cm³/mol. The second-order valence-electron chi connectivity index (χ2n) is 2.32. The van der Waals surface area contributed by atoms with Gasteiger partial charge in [0.15, 0.2) is 0 Å².